The van der Waals surface area contributed by atoms with E-state index in [9.17, 15) is 4.79 Å². The summed E-state index contributed by atoms with van der Waals surface area (Å²) in [5.74, 6) is 1.45. The zero-order valence-corrected chi connectivity index (χ0v) is 14.8. The second-order valence-corrected chi connectivity index (χ2v) is 5.97. The van der Waals surface area contributed by atoms with Crippen LogP contribution in [0.1, 0.15) is 23.6 Å². The van der Waals surface area contributed by atoms with Gasteiger partial charge < -0.3 is 14.8 Å². The molecule has 0 radical (unpaired) electrons. The summed E-state index contributed by atoms with van der Waals surface area (Å²) in [6.07, 6.45) is 0.244. The van der Waals surface area contributed by atoms with Gasteiger partial charge in [0.05, 0.1) is 7.11 Å². The smallest absolute Gasteiger partial charge is 0.260 e. The number of hydrogen-bond acceptors (Lipinski definition) is 3. The Hall–Kier alpha value is -2.49. The van der Waals surface area contributed by atoms with E-state index in [0.29, 0.717) is 6.54 Å². The molecule has 2 aromatic carbocycles. The summed E-state index contributed by atoms with van der Waals surface area (Å²) in [6.45, 7) is 6.37. The van der Waals surface area contributed by atoms with Crippen LogP contribution in [0.4, 0.5) is 0 Å². The molecule has 0 aromatic heterocycles. The van der Waals surface area contributed by atoms with E-state index < -0.39 is 6.10 Å². The Morgan fingerprint density at radius 3 is 2.25 bits per heavy atom. The van der Waals surface area contributed by atoms with Crippen molar-refractivity contribution in [2.75, 3.05) is 13.7 Å². The first-order valence-electron chi connectivity index (χ1n) is 8.13. The summed E-state index contributed by atoms with van der Waals surface area (Å²) in [7, 11) is 1.65. The summed E-state index contributed by atoms with van der Waals surface area (Å²) in [5, 5.41) is 2.91. The van der Waals surface area contributed by atoms with Crippen molar-refractivity contribution < 1.29 is 14.3 Å². The van der Waals surface area contributed by atoms with Crippen molar-refractivity contribution >= 4 is 5.91 Å². The van der Waals surface area contributed by atoms with Gasteiger partial charge in [-0.2, -0.15) is 0 Å². The van der Waals surface area contributed by atoms with E-state index >= 15 is 0 Å². The number of methoxy groups -OCH3 is 1. The molecule has 128 valence electrons. The molecule has 0 aliphatic carbocycles. The number of amides is 1. The number of carbonyl (C=O) groups excluding carboxylic acids is 1. The third-order valence-electron chi connectivity index (χ3n) is 3.75. The molecule has 0 fully saturated rings. The summed E-state index contributed by atoms with van der Waals surface area (Å²) in [4.78, 5) is 12.2. The van der Waals surface area contributed by atoms with E-state index in [2.05, 4.69) is 11.4 Å². The maximum Gasteiger partial charge on any atom is 0.260 e. The molecule has 0 spiro atoms. The van der Waals surface area contributed by atoms with E-state index in [0.717, 1.165) is 34.6 Å². The van der Waals surface area contributed by atoms with Crippen LogP contribution in [0.25, 0.3) is 0 Å². The highest BCUT2D eigenvalue weighted by atomic mass is 16.5. The minimum Gasteiger partial charge on any atom is -0.497 e. The molecule has 0 saturated carbocycles. The predicted octanol–water partition coefficient (Wildman–Crippen LogP) is 3.44. The van der Waals surface area contributed by atoms with Crippen LogP contribution < -0.4 is 14.8 Å². The Morgan fingerprint density at radius 2 is 1.67 bits per heavy atom. The lowest BCUT2D eigenvalue weighted by atomic mass is 10.1. The molecule has 0 aliphatic heterocycles. The molecule has 0 heterocycles. The zero-order chi connectivity index (χ0) is 17.5. The fourth-order valence-electron chi connectivity index (χ4n) is 2.52. The first kappa shape index (κ1) is 17.9. The summed E-state index contributed by atoms with van der Waals surface area (Å²) in [5.41, 5.74) is 3.40. The molecule has 0 unspecified atom stereocenters. The summed E-state index contributed by atoms with van der Waals surface area (Å²) in [6, 6.07) is 13.8. The largest absolute Gasteiger partial charge is 0.497 e. The van der Waals surface area contributed by atoms with E-state index in [1.54, 1.807) is 14.0 Å². The van der Waals surface area contributed by atoms with Gasteiger partial charge in [-0.3, -0.25) is 4.79 Å². The van der Waals surface area contributed by atoms with Crippen LogP contribution in [-0.2, 0) is 11.2 Å². The molecular weight excluding hydrogens is 302 g/mol. The highest BCUT2D eigenvalue weighted by Gasteiger charge is 2.14. The van der Waals surface area contributed by atoms with E-state index in [4.69, 9.17) is 9.47 Å². The minimum absolute atomic E-state index is 0.109. The Morgan fingerprint density at radius 1 is 1.04 bits per heavy atom. The monoisotopic (exact) mass is 327 g/mol. The summed E-state index contributed by atoms with van der Waals surface area (Å²) < 4.78 is 10.9. The van der Waals surface area contributed by atoms with Gasteiger partial charge in [0.15, 0.2) is 6.10 Å². The standard InChI is InChI=1S/C20H25NO3/c1-14-11-15(2)13-19(12-14)24-16(3)20(22)21-10-9-17-5-7-18(23-4)8-6-17/h5-8,11-13,16H,9-10H2,1-4H3,(H,21,22)/t16-/m0/s1. The van der Waals surface area contributed by atoms with Gasteiger partial charge in [0, 0.05) is 6.54 Å². The third-order valence-corrected chi connectivity index (χ3v) is 3.75. The van der Waals surface area contributed by atoms with Crippen LogP contribution in [0.2, 0.25) is 0 Å². The Balaban J connectivity index is 1.80. The lowest BCUT2D eigenvalue weighted by molar-refractivity contribution is -0.127. The molecule has 0 saturated heterocycles. The first-order valence-corrected chi connectivity index (χ1v) is 8.13. The fourth-order valence-corrected chi connectivity index (χ4v) is 2.52. The highest BCUT2D eigenvalue weighted by Crippen LogP contribution is 2.17. The zero-order valence-electron chi connectivity index (χ0n) is 14.8. The maximum atomic E-state index is 12.2. The van der Waals surface area contributed by atoms with Crippen molar-refractivity contribution in [1.82, 2.24) is 5.32 Å². The predicted molar refractivity (Wildman–Crippen MR) is 95.7 cm³/mol. The van der Waals surface area contributed by atoms with Crippen molar-refractivity contribution in [3.63, 3.8) is 0 Å². The Bertz CT molecular complexity index is 660. The van der Waals surface area contributed by atoms with Crippen LogP contribution in [0, 0.1) is 13.8 Å². The van der Waals surface area contributed by atoms with Crippen molar-refractivity contribution in [2.45, 2.75) is 33.3 Å². The molecule has 1 atom stereocenters. The molecular formula is C20H25NO3. The Labute approximate surface area is 143 Å². The topological polar surface area (TPSA) is 47.6 Å². The molecule has 24 heavy (non-hydrogen) atoms. The number of carbonyl (C=O) groups is 1. The number of hydrogen-bond donors (Lipinski definition) is 1. The highest BCUT2D eigenvalue weighted by molar-refractivity contribution is 5.80. The molecule has 4 heteroatoms. The average molecular weight is 327 g/mol. The van der Waals surface area contributed by atoms with Crippen LogP contribution >= 0.6 is 0 Å². The van der Waals surface area contributed by atoms with Crippen LogP contribution in [0.15, 0.2) is 42.5 Å². The van der Waals surface area contributed by atoms with Gasteiger partial charge in [0.25, 0.3) is 5.91 Å². The summed E-state index contributed by atoms with van der Waals surface area (Å²) >= 11 is 0. The molecule has 1 N–H and O–H groups in total. The van der Waals surface area contributed by atoms with E-state index in [1.807, 2.05) is 50.2 Å². The van der Waals surface area contributed by atoms with E-state index in [-0.39, 0.29) is 5.91 Å². The van der Waals surface area contributed by atoms with E-state index in [1.165, 1.54) is 0 Å². The third kappa shape index (κ3) is 5.30. The van der Waals surface area contributed by atoms with Gasteiger partial charge >= 0.3 is 0 Å². The normalized spacial score (nSPS) is 11.7. The van der Waals surface area contributed by atoms with Gasteiger partial charge in [-0.1, -0.05) is 18.2 Å². The first-order chi connectivity index (χ1) is 11.5. The lowest BCUT2D eigenvalue weighted by Crippen LogP contribution is -2.37. The van der Waals surface area contributed by atoms with Crippen LogP contribution in [0.3, 0.4) is 0 Å². The van der Waals surface area contributed by atoms with Crippen molar-refractivity contribution in [1.29, 1.82) is 0 Å². The number of benzene rings is 2. The lowest BCUT2D eigenvalue weighted by Gasteiger charge is -2.15. The SMILES string of the molecule is COc1ccc(CCNC(=O)[C@H](C)Oc2cc(C)cc(C)c2)cc1. The number of rotatable bonds is 7. The van der Waals surface area contributed by atoms with Gasteiger partial charge in [0.2, 0.25) is 0 Å². The number of aryl methyl sites for hydroxylation is 2. The number of ether oxygens (including phenoxy) is 2. The van der Waals surface area contributed by atoms with Crippen molar-refractivity contribution in [2.24, 2.45) is 0 Å². The maximum absolute atomic E-state index is 12.2. The second-order valence-electron chi connectivity index (χ2n) is 5.97. The number of nitrogens with one attached hydrogen (secondary N) is 1. The average Bonchev–Trinajstić information content (AvgIpc) is 2.54. The molecule has 4 nitrogen and oxygen atoms in total. The van der Waals surface area contributed by atoms with Crippen molar-refractivity contribution in [3.8, 4) is 11.5 Å². The molecule has 0 aliphatic rings. The van der Waals surface area contributed by atoms with Gasteiger partial charge in [-0.15, -0.1) is 0 Å². The molecule has 0 bridgehead atoms. The van der Waals surface area contributed by atoms with Crippen LogP contribution in [-0.4, -0.2) is 25.7 Å². The van der Waals surface area contributed by atoms with Gasteiger partial charge in [0.1, 0.15) is 11.5 Å². The minimum atomic E-state index is -0.526. The molecule has 2 aromatic rings. The Kier molecular flexibility index (Phi) is 6.24. The van der Waals surface area contributed by atoms with Crippen molar-refractivity contribution in [3.05, 3.63) is 59.2 Å². The van der Waals surface area contributed by atoms with Crippen LogP contribution in [0.5, 0.6) is 11.5 Å². The second kappa shape index (κ2) is 8.39. The molecule has 1 amide bonds. The van der Waals surface area contributed by atoms with Gasteiger partial charge in [-0.25, -0.2) is 0 Å². The fraction of sp³-hybridized carbons (Fsp3) is 0.350. The molecule has 2 rings (SSSR count). The quantitative estimate of drug-likeness (QED) is 0.847. The van der Waals surface area contributed by atoms with Gasteiger partial charge in [-0.05, 0) is 68.1 Å².